The molecule has 1 aromatic carbocycles. The molecule has 1 heterocycles. The molecule has 1 amide bonds. The Kier molecular flexibility index (Phi) is 8.01. The number of nitrogens with zero attached hydrogens (tertiary/aromatic N) is 1. The van der Waals surface area contributed by atoms with Crippen LogP contribution < -0.4 is 4.74 Å². The molecule has 0 bridgehead atoms. The highest BCUT2D eigenvalue weighted by molar-refractivity contribution is 6.18. The lowest BCUT2D eigenvalue weighted by Crippen LogP contribution is -2.30. The molecule has 1 aromatic rings. The van der Waals surface area contributed by atoms with Gasteiger partial charge in [-0.25, -0.2) is 0 Å². The van der Waals surface area contributed by atoms with Crippen molar-refractivity contribution in [3.8, 4) is 5.75 Å². The number of allylic oxidation sites excluding steroid dienone is 3. The summed E-state index contributed by atoms with van der Waals surface area (Å²) in [6, 6.07) is 5.91. The average Bonchev–Trinajstić information content (AvgIpc) is 2.67. The Labute approximate surface area is 160 Å². The second-order valence-corrected chi connectivity index (χ2v) is 6.45. The fourth-order valence-corrected chi connectivity index (χ4v) is 2.55. The van der Waals surface area contributed by atoms with Gasteiger partial charge in [0.25, 0.3) is 5.91 Å². The summed E-state index contributed by atoms with van der Waals surface area (Å²) < 4.78 is 16.4. The molecule has 0 aliphatic carbocycles. The first kappa shape index (κ1) is 20.3. The highest BCUT2D eigenvalue weighted by Gasteiger charge is 2.14. The van der Waals surface area contributed by atoms with Gasteiger partial charge in [-0.1, -0.05) is 25.1 Å². The van der Waals surface area contributed by atoms with E-state index in [0.29, 0.717) is 24.8 Å². The topological polar surface area (TPSA) is 48.0 Å². The predicted octanol–water partition coefficient (Wildman–Crippen LogP) is 4.01. The highest BCUT2D eigenvalue weighted by Crippen LogP contribution is 2.25. The van der Waals surface area contributed by atoms with Gasteiger partial charge in [-0.3, -0.25) is 4.79 Å². The van der Waals surface area contributed by atoms with Crippen LogP contribution in [0.4, 0.5) is 0 Å². The lowest BCUT2D eigenvalue weighted by Gasteiger charge is -2.21. The zero-order chi connectivity index (χ0) is 18.9. The van der Waals surface area contributed by atoms with E-state index in [4.69, 9.17) is 25.8 Å². The summed E-state index contributed by atoms with van der Waals surface area (Å²) in [5.74, 6) is 1.84. The molecule has 0 N–H and O–H groups in total. The van der Waals surface area contributed by atoms with E-state index >= 15 is 0 Å². The number of rotatable bonds is 8. The van der Waals surface area contributed by atoms with Crippen LogP contribution in [0.2, 0.25) is 0 Å². The number of alkyl halides is 1. The minimum Gasteiger partial charge on any atom is -0.484 e. The third-order valence-corrected chi connectivity index (χ3v) is 4.37. The molecule has 0 aromatic heterocycles. The lowest BCUT2D eigenvalue weighted by molar-refractivity contribution is -0.133. The number of amides is 1. The SMILES string of the molecule is CC/C(C)=C(/C=C\CCl)OCC(=O)N(C)Cc1ccc2c(c1)OCOC2. The van der Waals surface area contributed by atoms with Crippen LogP contribution in [0.3, 0.4) is 0 Å². The van der Waals surface area contributed by atoms with Crippen molar-refractivity contribution in [2.75, 3.05) is 26.3 Å². The fourth-order valence-electron chi connectivity index (χ4n) is 2.46. The van der Waals surface area contributed by atoms with Crippen LogP contribution in [-0.2, 0) is 27.4 Å². The molecular weight excluding hydrogens is 354 g/mol. The normalized spacial score (nSPS) is 14.5. The number of carbonyl (C=O) groups is 1. The Hall–Kier alpha value is -1.98. The Bertz CT molecular complexity index is 684. The van der Waals surface area contributed by atoms with Gasteiger partial charge in [0.1, 0.15) is 11.5 Å². The molecule has 0 radical (unpaired) electrons. The molecule has 0 fully saturated rings. The monoisotopic (exact) mass is 379 g/mol. The third-order valence-electron chi connectivity index (χ3n) is 4.19. The van der Waals surface area contributed by atoms with E-state index in [9.17, 15) is 4.79 Å². The molecule has 26 heavy (non-hydrogen) atoms. The van der Waals surface area contributed by atoms with E-state index in [1.54, 1.807) is 18.0 Å². The first-order valence-corrected chi connectivity index (χ1v) is 9.20. The van der Waals surface area contributed by atoms with Gasteiger partial charge in [-0.15, -0.1) is 11.6 Å². The smallest absolute Gasteiger partial charge is 0.260 e. The van der Waals surface area contributed by atoms with E-state index in [-0.39, 0.29) is 19.3 Å². The van der Waals surface area contributed by atoms with E-state index < -0.39 is 0 Å². The van der Waals surface area contributed by atoms with Crippen LogP contribution in [0.15, 0.2) is 41.7 Å². The Balaban J connectivity index is 1.93. The minimum atomic E-state index is -0.0901. The van der Waals surface area contributed by atoms with Crippen LogP contribution in [0, 0.1) is 0 Å². The maximum Gasteiger partial charge on any atom is 0.260 e. The highest BCUT2D eigenvalue weighted by atomic mass is 35.5. The molecule has 6 heteroatoms. The maximum atomic E-state index is 12.4. The molecule has 0 saturated carbocycles. The van der Waals surface area contributed by atoms with Gasteiger partial charge < -0.3 is 19.1 Å². The summed E-state index contributed by atoms with van der Waals surface area (Å²) in [7, 11) is 1.76. The molecule has 2 rings (SSSR count). The number of benzene rings is 1. The predicted molar refractivity (Wildman–Crippen MR) is 102 cm³/mol. The number of likely N-dealkylation sites (N-methyl/N-ethyl adjacent to an activating group) is 1. The van der Waals surface area contributed by atoms with Crippen LogP contribution in [0.25, 0.3) is 0 Å². The first-order chi connectivity index (χ1) is 12.5. The van der Waals surface area contributed by atoms with Gasteiger partial charge in [0, 0.05) is 25.0 Å². The molecule has 0 saturated heterocycles. The number of hydrogen-bond acceptors (Lipinski definition) is 4. The number of carbonyl (C=O) groups excluding carboxylic acids is 1. The van der Waals surface area contributed by atoms with Gasteiger partial charge in [-0.05, 0) is 36.6 Å². The molecule has 0 unspecified atom stereocenters. The molecule has 5 nitrogen and oxygen atoms in total. The summed E-state index contributed by atoms with van der Waals surface area (Å²) >= 11 is 5.69. The summed E-state index contributed by atoms with van der Waals surface area (Å²) in [5.41, 5.74) is 3.10. The zero-order valence-corrected chi connectivity index (χ0v) is 16.3. The van der Waals surface area contributed by atoms with Crippen molar-refractivity contribution in [3.63, 3.8) is 0 Å². The maximum absolute atomic E-state index is 12.4. The van der Waals surface area contributed by atoms with Crippen molar-refractivity contribution < 1.29 is 19.0 Å². The minimum absolute atomic E-state index is 0.00885. The second-order valence-electron chi connectivity index (χ2n) is 6.15. The number of fused-ring (bicyclic) bond motifs is 1. The van der Waals surface area contributed by atoms with Crippen LogP contribution >= 0.6 is 11.6 Å². The van der Waals surface area contributed by atoms with Gasteiger partial charge in [0.05, 0.1) is 6.61 Å². The van der Waals surface area contributed by atoms with Crippen molar-refractivity contribution in [3.05, 3.63) is 52.8 Å². The van der Waals surface area contributed by atoms with E-state index in [2.05, 4.69) is 0 Å². The standard InChI is InChI=1S/C20H26ClNO4/c1-4-15(2)18(6-5-9-21)25-13-20(23)22(3)11-16-7-8-17-12-24-14-26-19(17)10-16/h5-8,10H,4,9,11-14H2,1-3H3/b6-5-,18-15-. The fraction of sp³-hybridized carbons (Fsp3) is 0.450. The summed E-state index contributed by atoms with van der Waals surface area (Å²) in [5, 5.41) is 0. The molecule has 1 aliphatic heterocycles. The van der Waals surface area contributed by atoms with Crippen molar-refractivity contribution >= 4 is 17.5 Å². The van der Waals surface area contributed by atoms with Gasteiger partial charge >= 0.3 is 0 Å². The van der Waals surface area contributed by atoms with Crippen molar-refractivity contribution in [1.82, 2.24) is 4.90 Å². The number of halogens is 1. The Morgan fingerprint density at radius 1 is 1.42 bits per heavy atom. The van der Waals surface area contributed by atoms with Gasteiger partial charge in [0.15, 0.2) is 13.4 Å². The Morgan fingerprint density at radius 3 is 2.96 bits per heavy atom. The second kappa shape index (κ2) is 10.2. The molecular formula is C20H26ClNO4. The largest absolute Gasteiger partial charge is 0.484 e. The van der Waals surface area contributed by atoms with Crippen LogP contribution in [0.5, 0.6) is 5.75 Å². The zero-order valence-electron chi connectivity index (χ0n) is 15.6. The number of ether oxygens (including phenoxy) is 3. The average molecular weight is 380 g/mol. The first-order valence-electron chi connectivity index (χ1n) is 8.66. The van der Waals surface area contributed by atoms with E-state index in [0.717, 1.165) is 28.9 Å². The lowest BCUT2D eigenvalue weighted by atomic mass is 10.1. The molecule has 142 valence electrons. The number of hydrogen-bond donors (Lipinski definition) is 0. The summed E-state index contributed by atoms with van der Waals surface area (Å²) in [4.78, 5) is 14.0. The van der Waals surface area contributed by atoms with Crippen LogP contribution in [0.1, 0.15) is 31.4 Å². The molecule has 0 spiro atoms. The van der Waals surface area contributed by atoms with E-state index in [1.807, 2.05) is 38.1 Å². The molecule has 0 atom stereocenters. The van der Waals surface area contributed by atoms with Crippen molar-refractivity contribution in [2.24, 2.45) is 0 Å². The van der Waals surface area contributed by atoms with Gasteiger partial charge in [0.2, 0.25) is 0 Å². The summed E-state index contributed by atoms with van der Waals surface area (Å²) in [6.07, 6.45) is 4.48. The third kappa shape index (κ3) is 5.78. The quantitative estimate of drug-likeness (QED) is 0.389. The molecule has 1 aliphatic rings. The van der Waals surface area contributed by atoms with Crippen molar-refractivity contribution in [1.29, 1.82) is 0 Å². The van der Waals surface area contributed by atoms with E-state index in [1.165, 1.54) is 0 Å². The van der Waals surface area contributed by atoms with Crippen LogP contribution in [-0.4, -0.2) is 37.1 Å². The summed E-state index contributed by atoms with van der Waals surface area (Å²) in [6.45, 7) is 5.33. The van der Waals surface area contributed by atoms with Gasteiger partial charge in [-0.2, -0.15) is 0 Å². The van der Waals surface area contributed by atoms with Crippen molar-refractivity contribution in [2.45, 2.75) is 33.4 Å². The Morgan fingerprint density at radius 2 is 2.23 bits per heavy atom.